The Morgan fingerprint density at radius 1 is 1.05 bits per heavy atom. The van der Waals surface area contributed by atoms with E-state index in [2.05, 4.69) is 0 Å². The van der Waals surface area contributed by atoms with Crippen LogP contribution in [0.1, 0.15) is 6.92 Å². The van der Waals surface area contributed by atoms with Gasteiger partial charge in [0, 0.05) is 11.8 Å². The van der Waals surface area contributed by atoms with Crippen LogP contribution >= 0.6 is 0 Å². The van der Waals surface area contributed by atoms with Crippen molar-refractivity contribution in [1.82, 2.24) is 0 Å². The van der Waals surface area contributed by atoms with E-state index in [1.807, 2.05) is 0 Å². The third-order valence-corrected chi connectivity index (χ3v) is 2.78. The number of methoxy groups -OCH3 is 1. The van der Waals surface area contributed by atoms with Crippen molar-refractivity contribution in [2.45, 2.75) is 13.0 Å². The monoisotopic (exact) mass is 287 g/mol. The molecule has 0 aliphatic heterocycles. The van der Waals surface area contributed by atoms with Crippen molar-refractivity contribution in [1.29, 1.82) is 0 Å². The maximum absolute atomic E-state index is 11.9. The highest BCUT2D eigenvalue weighted by atomic mass is 16.6. The van der Waals surface area contributed by atoms with E-state index in [0.29, 0.717) is 22.9 Å². The molecule has 0 bridgehead atoms. The van der Waals surface area contributed by atoms with E-state index in [9.17, 15) is 4.79 Å². The van der Waals surface area contributed by atoms with Crippen LogP contribution < -0.4 is 19.9 Å². The summed E-state index contributed by atoms with van der Waals surface area (Å²) in [7, 11) is 1.57. The Hall–Kier alpha value is -2.69. The Balaban J connectivity index is 1.95. The van der Waals surface area contributed by atoms with Crippen LogP contribution in [-0.2, 0) is 4.79 Å². The van der Waals surface area contributed by atoms with Gasteiger partial charge in [-0.1, -0.05) is 6.07 Å². The van der Waals surface area contributed by atoms with Crippen LogP contribution in [0.4, 0.5) is 5.69 Å². The Kier molecular flexibility index (Phi) is 4.66. The molecule has 110 valence electrons. The number of carbonyl (C=O) groups excluding carboxylic acids is 1. The molecular formula is C16H17NO4. The first-order valence-electron chi connectivity index (χ1n) is 6.46. The molecule has 0 unspecified atom stereocenters. The van der Waals surface area contributed by atoms with Gasteiger partial charge in [0.1, 0.15) is 17.2 Å². The van der Waals surface area contributed by atoms with E-state index < -0.39 is 12.1 Å². The van der Waals surface area contributed by atoms with Crippen molar-refractivity contribution in [3.8, 4) is 17.2 Å². The van der Waals surface area contributed by atoms with Gasteiger partial charge >= 0.3 is 5.97 Å². The molecule has 0 fully saturated rings. The van der Waals surface area contributed by atoms with E-state index in [4.69, 9.17) is 19.9 Å². The molecule has 0 radical (unpaired) electrons. The fourth-order valence-electron chi connectivity index (χ4n) is 1.68. The molecule has 5 heteroatoms. The maximum atomic E-state index is 11.9. The standard InChI is InChI=1S/C16H17NO4/c1-11(20-15-5-3-4-12(17)10-15)16(18)21-14-8-6-13(19-2)7-9-14/h3-11H,17H2,1-2H3/t11-/m0/s1. The summed E-state index contributed by atoms with van der Waals surface area (Å²) >= 11 is 0. The van der Waals surface area contributed by atoms with Gasteiger partial charge in [-0.2, -0.15) is 0 Å². The molecule has 21 heavy (non-hydrogen) atoms. The number of nitrogen functional groups attached to an aromatic ring is 1. The van der Waals surface area contributed by atoms with Crippen molar-refractivity contribution in [2.75, 3.05) is 12.8 Å². The van der Waals surface area contributed by atoms with Gasteiger partial charge in [-0.3, -0.25) is 0 Å². The van der Waals surface area contributed by atoms with Crippen LogP contribution in [0.3, 0.4) is 0 Å². The third kappa shape index (κ3) is 4.14. The zero-order valence-corrected chi connectivity index (χ0v) is 11.9. The number of hydrogen-bond donors (Lipinski definition) is 1. The van der Waals surface area contributed by atoms with Crippen molar-refractivity contribution in [3.05, 3.63) is 48.5 Å². The number of carbonyl (C=O) groups is 1. The average molecular weight is 287 g/mol. The van der Waals surface area contributed by atoms with Gasteiger partial charge in [0.05, 0.1) is 7.11 Å². The molecule has 2 aromatic rings. The summed E-state index contributed by atoms with van der Waals surface area (Å²) in [5.74, 6) is 1.17. The number of ether oxygens (including phenoxy) is 3. The van der Waals surface area contributed by atoms with Crippen LogP contribution in [0, 0.1) is 0 Å². The van der Waals surface area contributed by atoms with E-state index >= 15 is 0 Å². The summed E-state index contributed by atoms with van der Waals surface area (Å²) in [6.07, 6.45) is -0.742. The minimum atomic E-state index is -0.742. The number of rotatable bonds is 5. The zero-order valence-electron chi connectivity index (χ0n) is 11.9. The van der Waals surface area contributed by atoms with Crippen LogP contribution in [0.2, 0.25) is 0 Å². The molecule has 0 heterocycles. The number of benzene rings is 2. The fraction of sp³-hybridized carbons (Fsp3) is 0.188. The first-order chi connectivity index (χ1) is 10.1. The molecule has 0 saturated carbocycles. The summed E-state index contributed by atoms with van der Waals surface area (Å²) in [5.41, 5.74) is 6.23. The summed E-state index contributed by atoms with van der Waals surface area (Å²) in [4.78, 5) is 11.9. The lowest BCUT2D eigenvalue weighted by molar-refractivity contribution is -0.141. The maximum Gasteiger partial charge on any atom is 0.352 e. The minimum Gasteiger partial charge on any atom is -0.497 e. The predicted molar refractivity (Wildman–Crippen MR) is 79.6 cm³/mol. The number of anilines is 1. The number of nitrogens with two attached hydrogens (primary N) is 1. The molecule has 0 aliphatic carbocycles. The molecular weight excluding hydrogens is 270 g/mol. The Labute approximate surface area is 123 Å². The second-order valence-corrected chi connectivity index (χ2v) is 4.43. The predicted octanol–water partition coefficient (Wildman–Crippen LogP) is 2.65. The van der Waals surface area contributed by atoms with Crippen molar-refractivity contribution in [3.63, 3.8) is 0 Å². The van der Waals surface area contributed by atoms with Crippen LogP contribution in [0.25, 0.3) is 0 Å². The topological polar surface area (TPSA) is 70.8 Å². The lowest BCUT2D eigenvalue weighted by atomic mass is 10.3. The molecule has 2 N–H and O–H groups in total. The highest BCUT2D eigenvalue weighted by Gasteiger charge is 2.17. The largest absolute Gasteiger partial charge is 0.497 e. The molecule has 0 aromatic heterocycles. The quantitative estimate of drug-likeness (QED) is 0.520. The Bertz CT molecular complexity index is 610. The van der Waals surface area contributed by atoms with Crippen LogP contribution in [0.5, 0.6) is 17.2 Å². The van der Waals surface area contributed by atoms with Gasteiger partial charge < -0.3 is 19.9 Å². The van der Waals surface area contributed by atoms with Gasteiger partial charge in [0.15, 0.2) is 6.10 Å². The van der Waals surface area contributed by atoms with Crippen molar-refractivity contribution < 1.29 is 19.0 Å². The van der Waals surface area contributed by atoms with Crippen molar-refractivity contribution in [2.24, 2.45) is 0 Å². The van der Waals surface area contributed by atoms with Gasteiger partial charge in [-0.15, -0.1) is 0 Å². The molecule has 1 atom stereocenters. The normalized spacial score (nSPS) is 11.5. The Morgan fingerprint density at radius 3 is 2.33 bits per heavy atom. The first kappa shape index (κ1) is 14.7. The highest BCUT2D eigenvalue weighted by molar-refractivity contribution is 5.77. The SMILES string of the molecule is COc1ccc(OC(=O)[C@H](C)Oc2cccc(N)c2)cc1. The summed E-state index contributed by atoms with van der Waals surface area (Å²) in [6.45, 7) is 1.62. The third-order valence-electron chi connectivity index (χ3n) is 2.78. The Morgan fingerprint density at radius 2 is 1.71 bits per heavy atom. The van der Waals surface area contributed by atoms with Gasteiger partial charge in [-0.05, 0) is 43.3 Å². The number of esters is 1. The molecule has 0 aliphatic rings. The van der Waals surface area contributed by atoms with E-state index in [0.717, 1.165) is 0 Å². The molecule has 0 amide bonds. The van der Waals surface area contributed by atoms with Crippen LogP contribution in [0.15, 0.2) is 48.5 Å². The minimum absolute atomic E-state index is 0.434. The smallest absolute Gasteiger partial charge is 0.352 e. The lowest BCUT2D eigenvalue weighted by Crippen LogP contribution is -2.28. The van der Waals surface area contributed by atoms with E-state index in [1.165, 1.54) is 0 Å². The molecule has 0 saturated heterocycles. The summed E-state index contributed by atoms with van der Waals surface area (Å²) in [5, 5.41) is 0. The number of hydrogen-bond acceptors (Lipinski definition) is 5. The molecule has 2 rings (SSSR count). The first-order valence-corrected chi connectivity index (χ1v) is 6.46. The molecule has 0 spiro atoms. The van der Waals surface area contributed by atoms with Gasteiger partial charge in [0.2, 0.25) is 0 Å². The van der Waals surface area contributed by atoms with E-state index in [-0.39, 0.29) is 0 Å². The zero-order chi connectivity index (χ0) is 15.2. The summed E-state index contributed by atoms with van der Waals surface area (Å²) in [6, 6.07) is 13.6. The second-order valence-electron chi connectivity index (χ2n) is 4.43. The summed E-state index contributed by atoms with van der Waals surface area (Å²) < 4.78 is 15.8. The molecule has 2 aromatic carbocycles. The lowest BCUT2D eigenvalue weighted by Gasteiger charge is -2.14. The van der Waals surface area contributed by atoms with Crippen molar-refractivity contribution >= 4 is 11.7 Å². The average Bonchev–Trinajstić information content (AvgIpc) is 2.48. The van der Waals surface area contributed by atoms with Gasteiger partial charge in [-0.25, -0.2) is 4.79 Å². The fourth-order valence-corrected chi connectivity index (χ4v) is 1.68. The second kappa shape index (κ2) is 6.65. The van der Waals surface area contributed by atoms with Gasteiger partial charge in [0.25, 0.3) is 0 Å². The molecule has 5 nitrogen and oxygen atoms in total. The van der Waals surface area contributed by atoms with Crippen LogP contribution in [-0.4, -0.2) is 19.2 Å². The van der Waals surface area contributed by atoms with E-state index in [1.54, 1.807) is 62.6 Å². The highest BCUT2D eigenvalue weighted by Crippen LogP contribution is 2.19.